The van der Waals surface area contributed by atoms with Gasteiger partial charge >= 0.3 is 0 Å². The Labute approximate surface area is 140 Å². The number of hydrogen-bond donors (Lipinski definition) is 1. The number of nitrogens with one attached hydrogen (secondary N) is 1. The standard InChI is InChI=1S/C15H20N4O4S/c1-2-24(20,21)19-7-9-22-11-13(19)15-16-6-5-14(18-15)17-10-12-4-3-8-23-12/h3-6,8,13H,2,7,9-11H2,1H3,(H,16,17,18)/t13-/m0/s1. The van der Waals surface area contributed by atoms with E-state index in [1.807, 2.05) is 12.1 Å². The van der Waals surface area contributed by atoms with Gasteiger partial charge in [0.2, 0.25) is 10.0 Å². The highest BCUT2D eigenvalue weighted by atomic mass is 32.2. The molecule has 0 bridgehead atoms. The second-order valence-corrected chi connectivity index (χ2v) is 7.55. The van der Waals surface area contributed by atoms with Gasteiger partial charge in [-0.1, -0.05) is 0 Å². The first-order valence-electron chi connectivity index (χ1n) is 7.76. The van der Waals surface area contributed by atoms with Gasteiger partial charge < -0.3 is 14.5 Å². The van der Waals surface area contributed by atoms with Gasteiger partial charge in [0.1, 0.15) is 17.6 Å². The van der Waals surface area contributed by atoms with Gasteiger partial charge in [-0.2, -0.15) is 4.31 Å². The normalized spacial score (nSPS) is 19.3. The monoisotopic (exact) mass is 352 g/mol. The van der Waals surface area contributed by atoms with Crippen molar-refractivity contribution < 1.29 is 17.6 Å². The van der Waals surface area contributed by atoms with Crippen LogP contribution in [0.4, 0.5) is 5.82 Å². The van der Waals surface area contributed by atoms with E-state index in [1.165, 1.54) is 4.31 Å². The Morgan fingerprint density at radius 3 is 3.04 bits per heavy atom. The van der Waals surface area contributed by atoms with Crippen LogP contribution in [0.15, 0.2) is 35.1 Å². The molecule has 1 fully saturated rings. The molecule has 3 heterocycles. The van der Waals surface area contributed by atoms with Crippen molar-refractivity contribution in [2.45, 2.75) is 19.5 Å². The maximum atomic E-state index is 12.3. The number of hydrogen-bond acceptors (Lipinski definition) is 7. The lowest BCUT2D eigenvalue weighted by atomic mass is 10.2. The van der Waals surface area contributed by atoms with E-state index in [1.54, 1.807) is 25.5 Å². The predicted octanol–water partition coefficient (Wildman–Crippen LogP) is 1.40. The van der Waals surface area contributed by atoms with E-state index < -0.39 is 16.1 Å². The molecule has 9 heteroatoms. The number of aromatic nitrogens is 2. The number of anilines is 1. The number of sulfonamides is 1. The molecule has 3 rings (SSSR count). The zero-order valence-electron chi connectivity index (χ0n) is 13.4. The molecular weight excluding hydrogens is 332 g/mol. The van der Waals surface area contributed by atoms with Gasteiger partial charge in [0.15, 0.2) is 5.82 Å². The van der Waals surface area contributed by atoms with Crippen LogP contribution in [0.1, 0.15) is 24.6 Å². The smallest absolute Gasteiger partial charge is 0.214 e. The Hall–Kier alpha value is -1.97. The van der Waals surface area contributed by atoms with Crippen LogP contribution >= 0.6 is 0 Å². The zero-order valence-corrected chi connectivity index (χ0v) is 14.2. The fraction of sp³-hybridized carbons (Fsp3) is 0.467. The number of nitrogens with zero attached hydrogens (tertiary/aromatic N) is 3. The van der Waals surface area contributed by atoms with E-state index in [4.69, 9.17) is 9.15 Å². The minimum atomic E-state index is -3.34. The number of morpholine rings is 1. The first-order chi connectivity index (χ1) is 11.6. The lowest BCUT2D eigenvalue weighted by molar-refractivity contribution is 0.0291. The Balaban J connectivity index is 1.78. The summed E-state index contributed by atoms with van der Waals surface area (Å²) in [6, 6.07) is 4.90. The van der Waals surface area contributed by atoms with Gasteiger partial charge in [0.05, 0.1) is 31.8 Å². The molecule has 0 radical (unpaired) electrons. The first-order valence-corrected chi connectivity index (χ1v) is 9.37. The molecule has 1 aliphatic heterocycles. The van der Waals surface area contributed by atoms with Crippen molar-refractivity contribution in [2.75, 3.05) is 30.8 Å². The van der Waals surface area contributed by atoms with Crippen molar-refractivity contribution in [1.29, 1.82) is 0 Å². The lowest BCUT2D eigenvalue weighted by Crippen LogP contribution is -2.44. The van der Waals surface area contributed by atoms with Crippen molar-refractivity contribution in [3.63, 3.8) is 0 Å². The Kier molecular flexibility index (Phi) is 5.12. The molecule has 24 heavy (non-hydrogen) atoms. The molecule has 130 valence electrons. The van der Waals surface area contributed by atoms with Crippen LogP contribution in [0, 0.1) is 0 Å². The van der Waals surface area contributed by atoms with Crippen LogP contribution in [0.25, 0.3) is 0 Å². The molecule has 1 atom stereocenters. The van der Waals surface area contributed by atoms with Crippen molar-refractivity contribution in [3.8, 4) is 0 Å². The second-order valence-electron chi connectivity index (χ2n) is 5.33. The summed E-state index contributed by atoms with van der Waals surface area (Å²) in [5, 5.41) is 3.14. The Morgan fingerprint density at radius 2 is 2.29 bits per heavy atom. The molecule has 1 aliphatic rings. The zero-order chi connectivity index (χ0) is 17.0. The fourth-order valence-corrected chi connectivity index (χ4v) is 3.74. The van der Waals surface area contributed by atoms with E-state index in [9.17, 15) is 8.42 Å². The lowest BCUT2D eigenvalue weighted by Gasteiger charge is -2.33. The summed E-state index contributed by atoms with van der Waals surface area (Å²) in [5.74, 6) is 1.86. The maximum absolute atomic E-state index is 12.3. The SMILES string of the molecule is CCS(=O)(=O)N1CCOC[C@H]1c1nccc(NCc2ccco2)n1. The molecule has 8 nitrogen and oxygen atoms in total. The van der Waals surface area contributed by atoms with Gasteiger partial charge in [-0.15, -0.1) is 0 Å². The average Bonchev–Trinajstić information content (AvgIpc) is 3.14. The predicted molar refractivity (Wildman–Crippen MR) is 87.8 cm³/mol. The molecule has 0 spiro atoms. The van der Waals surface area contributed by atoms with Gasteiger partial charge in [-0.05, 0) is 25.1 Å². The topological polar surface area (TPSA) is 97.6 Å². The second kappa shape index (κ2) is 7.29. The molecule has 0 unspecified atom stereocenters. The minimum Gasteiger partial charge on any atom is -0.467 e. The van der Waals surface area contributed by atoms with E-state index in [0.717, 1.165) is 5.76 Å². The molecular formula is C15H20N4O4S. The summed E-state index contributed by atoms with van der Waals surface area (Å²) >= 11 is 0. The third-order valence-corrected chi connectivity index (χ3v) is 5.68. The third-order valence-electron chi connectivity index (χ3n) is 3.80. The Bertz CT molecular complexity index is 764. The summed E-state index contributed by atoms with van der Waals surface area (Å²) in [5.41, 5.74) is 0. The highest BCUT2D eigenvalue weighted by Crippen LogP contribution is 2.25. The van der Waals surface area contributed by atoms with E-state index in [0.29, 0.717) is 31.3 Å². The van der Waals surface area contributed by atoms with Crippen molar-refractivity contribution in [2.24, 2.45) is 0 Å². The summed E-state index contributed by atoms with van der Waals surface area (Å²) in [4.78, 5) is 8.69. The number of ether oxygens (including phenoxy) is 1. The number of rotatable bonds is 6. The first kappa shape index (κ1) is 16.9. The van der Waals surface area contributed by atoms with Crippen molar-refractivity contribution in [3.05, 3.63) is 42.2 Å². The molecule has 1 N–H and O–H groups in total. The highest BCUT2D eigenvalue weighted by Gasteiger charge is 2.34. The van der Waals surface area contributed by atoms with Crippen LogP contribution in [-0.4, -0.2) is 48.2 Å². The number of furan rings is 1. The summed E-state index contributed by atoms with van der Waals surface area (Å²) in [6.45, 7) is 3.06. The molecule has 0 amide bonds. The molecule has 0 saturated carbocycles. The van der Waals surface area contributed by atoms with E-state index in [2.05, 4.69) is 15.3 Å². The summed E-state index contributed by atoms with van der Waals surface area (Å²) in [6.07, 6.45) is 3.22. The largest absolute Gasteiger partial charge is 0.467 e. The third kappa shape index (κ3) is 3.74. The molecule has 0 aromatic carbocycles. The van der Waals surface area contributed by atoms with Gasteiger partial charge in [-0.3, -0.25) is 0 Å². The van der Waals surface area contributed by atoms with Gasteiger partial charge in [-0.25, -0.2) is 18.4 Å². The van der Waals surface area contributed by atoms with E-state index >= 15 is 0 Å². The van der Waals surface area contributed by atoms with Crippen molar-refractivity contribution >= 4 is 15.8 Å². The van der Waals surface area contributed by atoms with Crippen LogP contribution in [0.2, 0.25) is 0 Å². The minimum absolute atomic E-state index is 0.0416. The highest BCUT2D eigenvalue weighted by molar-refractivity contribution is 7.89. The van der Waals surface area contributed by atoms with Crippen LogP contribution in [0.3, 0.4) is 0 Å². The molecule has 2 aromatic heterocycles. The summed E-state index contributed by atoms with van der Waals surface area (Å²) < 4.78 is 36.7. The van der Waals surface area contributed by atoms with Gasteiger partial charge in [0.25, 0.3) is 0 Å². The van der Waals surface area contributed by atoms with Crippen LogP contribution in [-0.2, 0) is 21.3 Å². The molecule has 0 aliphatic carbocycles. The maximum Gasteiger partial charge on any atom is 0.214 e. The molecule has 2 aromatic rings. The van der Waals surface area contributed by atoms with Crippen molar-refractivity contribution in [1.82, 2.24) is 14.3 Å². The Morgan fingerprint density at radius 1 is 1.42 bits per heavy atom. The van der Waals surface area contributed by atoms with E-state index in [-0.39, 0.29) is 12.4 Å². The van der Waals surface area contributed by atoms with Crippen LogP contribution < -0.4 is 5.32 Å². The average molecular weight is 352 g/mol. The van der Waals surface area contributed by atoms with Gasteiger partial charge in [0, 0.05) is 12.7 Å². The van der Waals surface area contributed by atoms with Crippen LogP contribution in [0.5, 0.6) is 0 Å². The fourth-order valence-electron chi connectivity index (χ4n) is 2.51. The quantitative estimate of drug-likeness (QED) is 0.839. The summed E-state index contributed by atoms with van der Waals surface area (Å²) in [7, 11) is -3.34. The molecule has 1 saturated heterocycles.